The molecule has 1 aliphatic carbocycles. The molecule has 2 aliphatic rings. The van der Waals surface area contributed by atoms with Crippen LogP contribution in [0.5, 0.6) is 0 Å². The number of thiophene rings is 1. The third-order valence-electron chi connectivity index (χ3n) is 3.93. The van der Waals surface area contributed by atoms with Gasteiger partial charge in [-0.25, -0.2) is 0 Å². The van der Waals surface area contributed by atoms with E-state index >= 15 is 0 Å². The van der Waals surface area contributed by atoms with Crippen LogP contribution in [-0.2, 0) is 4.79 Å². The van der Waals surface area contributed by atoms with Crippen LogP contribution < -0.4 is 0 Å². The van der Waals surface area contributed by atoms with Gasteiger partial charge in [0.1, 0.15) is 6.04 Å². The zero-order valence-corrected chi connectivity index (χ0v) is 11.8. The second-order valence-electron chi connectivity index (χ2n) is 5.40. The molecule has 1 saturated heterocycles. The molecule has 2 aromatic rings. The molecule has 0 unspecified atom stereocenters. The molecular weight excluding hydrogens is 274 g/mol. The number of carbonyl (C=O) groups is 1. The van der Waals surface area contributed by atoms with Gasteiger partial charge in [-0.1, -0.05) is 11.2 Å². The van der Waals surface area contributed by atoms with Gasteiger partial charge in [0.15, 0.2) is 0 Å². The second-order valence-corrected chi connectivity index (χ2v) is 6.35. The maximum Gasteiger partial charge on any atom is 0.249 e. The van der Waals surface area contributed by atoms with Crippen molar-refractivity contribution in [2.75, 3.05) is 6.54 Å². The average Bonchev–Trinajstić information content (AvgIpc) is 2.93. The molecule has 1 aliphatic heterocycles. The molecule has 0 radical (unpaired) electrons. The summed E-state index contributed by atoms with van der Waals surface area (Å²) in [5, 5.41) is 6.03. The molecule has 0 bridgehead atoms. The van der Waals surface area contributed by atoms with Crippen LogP contribution in [0.4, 0.5) is 0 Å². The van der Waals surface area contributed by atoms with Gasteiger partial charge in [-0.3, -0.25) is 4.79 Å². The quantitative estimate of drug-likeness (QED) is 0.871. The Morgan fingerprint density at radius 1 is 1.40 bits per heavy atom. The van der Waals surface area contributed by atoms with E-state index in [1.54, 1.807) is 11.3 Å². The molecular formula is C14H15N3O2S. The summed E-state index contributed by atoms with van der Waals surface area (Å²) in [5.74, 6) is 1.72. The number of hydrogen-bond donors (Lipinski definition) is 0. The first-order valence-electron chi connectivity index (χ1n) is 7.01. The van der Waals surface area contributed by atoms with Crippen LogP contribution in [-0.4, -0.2) is 27.5 Å². The highest BCUT2D eigenvalue weighted by molar-refractivity contribution is 7.13. The van der Waals surface area contributed by atoms with Gasteiger partial charge in [0.25, 0.3) is 0 Å². The van der Waals surface area contributed by atoms with E-state index in [1.165, 1.54) is 0 Å². The number of hydrogen-bond acceptors (Lipinski definition) is 5. The SMILES string of the molecule is O=C(C1CC1)N1CCC[C@H]1c1nc(-c2cccs2)no1. The fraction of sp³-hybridized carbons (Fsp3) is 0.500. The molecule has 5 nitrogen and oxygen atoms in total. The second kappa shape index (κ2) is 4.70. The Bertz CT molecular complexity index is 618. The molecule has 4 rings (SSSR count). The van der Waals surface area contributed by atoms with E-state index in [4.69, 9.17) is 4.52 Å². The minimum atomic E-state index is -0.0238. The summed E-state index contributed by atoms with van der Waals surface area (Å²) >= 11 is 1.59. The van der Waals surface area contributed by atoms with Crippen LogP contribution in [0, 0.1) is 5.92 Å². The molecule has 1 saturated carbocycles. The third kappa shape index (κ3) is 2.04. The van der Waals surface area contributed by atoms with E-state index in [1.807, 2.05) is 22.4 Å². The lowest BCUT2D eigenvalue weighted by molar-refractivity contribution is -0.133. The van der Waals surface area contributed by atoms with E-state index in [9.17, 15) is 4.79 Å². The van der Waals surface area contributed by atoms with Crippen LogP contribution in [0.3, 0.4) is 0 Å². The Morgan fingerprint density at radius 3 is 3.05 bits per heavy atom. The van der Waals surface area contributed by atoms with Crippen molar-refractivity contribution in [1.29, 1.82) is 0 Å². The molecule has 1 atom stereocenters. The maximum atomic E-state index is 12.3. The van der Waals surface area contributed by atoms with Gasteiger partial charge in [-0.2, -0.15) is 4.98 Å². The Balaban J connectivity index is 1.58. The lowest BCUT2D eigenvalue weighted by Gasteiger charge is -2.21. The van der Waals surface area contributed by atoms with E-state index in [0.717, 1.165) is 37.1 Å². The Kier molecular flexibility index (Phi) is 2.84. The Labute approximate surface area is 120 Å². The van der Waals surface area contributed by atoms with Crippen molar-refractivity contribution in [3.8, 4) is 10.7 Å². The van der Waals surface area contributed by atoms with Crippen molar-refractivity contribution in [3.05, 3.63) is 23.4 Å². The molecule has 104 valence electrons. The van der Waals surface area contributed by atoms with Crippen molar-refractivity contribution in [3.63, 3.8) is 0 Å². The van der Waals surface area contributed by atoms with Crippen LogP contribution in [0.25, 0.3) is 10.7 Å². The van der Waals surface area contributed by atoms with Gasteiger partial charge in [-0.15, -0.1) is 11.3 Å². The minimum absolute atomic E-state index is 0.0238. The first kappa shape index (κ1) is 12.1. The number of carbonyl (C=O) groups excluding carboxylic acids is 1. The van der Waals surface area contributed by atoms with E-state index in [2.05, 4.69) is 10.1 Å². The number of aromatic nitrogens is 2. The van der Waals surface area contributed by atoms with Crippen molar-refractivity contribution in [2.24, 2.45) is 5.92 Å². The highest BCUT2D eigenvalue weighted by atomic mass is 32.1. The molecule has 3 heterocycles. The summed E-state index contributed by atoms with van der Waals surface area (Å²) in [6, 6.07) is 3.92. The first-order valence-corrected chi connectivity index (χ1v) is 7.89. The molecule has 0 spiro atoms. The number of likely N-dealkylation sites (tertiary alicyclic amines) is 1. The van der Waals surface area contributed by atoms with Crippen molar-refractivity contribution in [2.45, 2.75) is 31.7 Å². The van der Waals surface area contributed by atoms with Crippen LogP contribution in [0.15, 0.2) is 22.0 Å². The standard InChI is InChI=1S/C14H15N3O2S/c18-14(9-5-6-9)17-7-1-3-10(17)13-15-12(16-19-13)11-4-2-8-20-11/h2,4,8-10H,1,3,5-7H2/t10-/m0/s1. The highest BCUT2D eigenvalue weighted by Crippen LogP contribution is 2.38. The molecule has 0 aromatic carbocycles. The molecule has 20 heavy (non-hydrogen) atoms. The monoisotopic (exact) mass is 289 g/mol. The summed E-state index contributed by atoms with van der Waals surface area (Å²) in [4.78, 5) is 19.7. The molecule has 1 amide bonds. The lowest BCUT2D eigenvalue weighted by atomic mass is 10.2. The average molecular weight is 289 g/mol. The van der Waals surface area contributed by atoms with Crippen molar-refractivity contribution in [1.82, 2.24) is 15.0 Å². The predicted molar refractivity (Wildman–Crippen MR) is 74.0 cm³/mol. The van der Waals surface area contributed by atoms with Gasteiger partial charge in [0.05, 0.1) is 4.88 Å². The fourth-order valence-electron chi connectivity index (χ4n) is 2.73. The molecule has 6 heteroatoms. The molecule has 2 fully saturated rings. The zero-order valence-electron chi connectivity index (χ0n) is 11.0. The largest absolute Gasteiger partial charge is 0.337 e. The van der Waals surface area contributed by atoms with Gasteiger partial charge in [0.2, 0.25) is 17.6 Å². The van der Waals surface area contributed by atoms with E-state index in [-0.39, 0.29) is 17.9 Å². The summed E-state index contributed by atoms with van der Waals surface area (Å²) in [6.45, 7) is 0.816. The van der Waals surface area contributed by atoms with Crippen LogP contribution >= 0.6 is 11.3 Å². The Hall–Kier alpha value is -1.69. The lowest BCUT2D eigenvalue weighted by Crippen LogP contribution is -2.31. The summed E-state index contributed by atoms with van der Waals surface area (Å²) in [7, 11) is 0. The normalized spacial score (nSPS) is 22.4. The summed E-state index contributed by atoms with van der Waals surface area (Å²) < 4.78 is 5.40. The van der Waals surface area contributed by atoms with Gasteiger partial charge >= 0.3 is 0 Å². The molecule has 2 aromatic heterocycles. The smallest absolute Gasteiger partial charge is 0.249 e. The van der Waals surface area contributed by atoms with Crippen molar-refractivity contribution >= 4 is 17.2 Å². The zero-order chi connectivity index (χ0) is 13.5. The summed E-state index contributed by atoms with van der Waals surface area (Å²) in [5.41, 5.74) is 0. The minimum Gasteiger partial charge on any atom is -0.337 e. The van der Waals surface area contributed by atoms with Gasteiger partial charge in [-0.05, 0) is 37.1 Å². The number of nitrogens with zero attached hydrogens (tertiary/aromatic N) is 3. The summed E-state index contributed by atoms with van der Waals surface area (Å²) in [6.07, 6.45) is 4.00. The van der Waals surface area contributed by atoms with E-state index < -0.39 is 0 Å². The van der Waals surface area contributed by atoms with Crippen LogP contribution in [0.2, 0.25) is 0 Å². The fourth-order valence-corrected chi connectivity index (χ4v) is 3.38. The van der Waals surface area contributed by atoms with E-state index in [0.29, 0.717) is 11.7 Å². The number of rotatable bonds is 3. The molecule has 0 N–H and O–H groups in total. The first-order chi connectivity index (χ1) is 9.83. The number of amides is 1. The van der Waals surface area contributed by atoms with Gasteiger partial charge < -0.3 is 9.42 Å². The predicted octanol–water partition coefficient (Wildman–Crippen LogP) is 2.87. The Morgan fingerprint density at radius 2 is 2.30 bits per heavy atom. The van der Waals surface area contributed by atoms with Crippen LogP contribution in [0.1, 0.15) is 37.6 Å². The van der Waals surface area contributed by atoms with Crippen molar-refractivity contribution < 1.29 is 9.32 Å². The third-order valence-corrected chi connectivity index (χ3v) is 4.80. The topological polar surface area (TPSA) is 59.2 Å². The highest BCUT2D eigenvalue weighted by Gasteiger charge is 2.40. The maximum absolute atomic E-state index is 12.3. The van der Waals surface area contributed by atoms with Gasteiger partial charge in [0, 0.05) is 12.5 Å².